The van der Waals surface area contributed by atoms with Crippen LogP contribution in [0.1, 0.15) is 56.6 Å². The molecule has 0 bridgehead atoms. The van der Waals surface area contributed by atoms with Gasteiger partial charge in [-0.1, -0.05) is 45.1 Å². The van der Waals surface area contributed by atoms with Crippen LogP contribution in [-0.4, -0.2) is 6.61 Å². The van der Waals surface area contributed by atoms with Crippen molar-refractivity contribution in [1.82, 2.24) is 0 Å². The first-order chi connectivity index (χ1) is 8.77. The van der Waals surface area contributed by atoms with Crippen LogP contribution >= 0.6 is 0 Å². The molecule has 0 spiro atoms. The van der Waals surface area contributed by atoms with E-state index in [2.05, 4.69) is 13.0 Å². The van der Waals surface area contributed by atoms with Crippen molar-refractivity contribution in [3.63, 3.8) is 0 Å². The molecule has 1 aromatic rings. The third-order valence-electron chi connectivity index (χ3n) is 3.07. The maximum Gasteiger partial charge on any atom is 0.123 e. The normalized spacial score (nSPS) is 10.1. The lowest BCUT2D eigenvalue weighted by molar-refractivity contribution is 0.302. The van der Waals surface area contributed by atoms with Crippen LogP contribution < -0.4 is 4.74 Å². The van der Waals surface area contributed by atoms with Crippen LogP contribution in [0, 0.1) is 18.3 Å². The molecule has 0 aliphatic heterocycles. The third kappa shape index (κ3) is 5.23. The number of unbranched alkanes of at least 4 members (excludes halogenated alkanes) is 5. The van der Waals surface area contributed by atoms with E-state index in [9.17, 15) is 0 Å². The fourth-order valence-corrected chi connectivity index (χ4v) is 1.89. The minimum absolute atomic E-state index is 0.665. The van der Waals surface area contributed by atoms with Gasteiger partial charge in [0.25, 0.3) is 0 Å². The molecule has 0 atom stereocenters. The van der Waals surface area contributed by atoms with E-state index in [0.717, 1.165) is 24.3 Å². The molecule has 0 heterocycles. The van der Waals surface area contributed by atoms with Crippen LogP contribution in [0.2, 0.25) is 0 Å². The Balaban J connectivity index is 2.25. The average Bonchev–Trinajstić information content (AvgIpc) is 2.39. The van der Waals surface area contributed by atoms with Gasteiger partial charge in [0.15, 0.2) is 0 Å². The molecule has 18 heavy (non-hydrogen) atoms. The van der Waals surface area contributed by atoms with Crippen molar-refractivity contribution >= 4 is 0 Å². The van der Waals surface area contributed by atoms with Crippen molar-refractivity contribution < 1.29 is 4.74 Å². The molecule has 0 saturated carbocycles. The number of hydrogen-bond donors (Lipinski definition) is 0. The lowest BCUT2D eigenvalue weighted by Crippen LogP contribution is -1.99. The van der Waals surface area contributed by atoms with E-state index in [1.807, 2.05) is 25.1 Å². The topological polar surface area (TPSA) is 33.0 Å². The summed E-state index contributed by atoms with van der Waals surface area (Å²) >= 11 is 0. The van der Waals surface area contributed by atoms with Crippen molar-refractivity contribution in [2.45, 2.75) is 52.4 Å². The lowest BCUT2D eigenvalue weighted by atomic mass is 10.1. The summed E-state index contributed by atoms with van der Waals surface area (Å²) in [5, 5.41) is 8.84. The summed E-state index contributed by atoms with van der Waals surface area (Å²) in [5.41, 5.74) is 1.76. The number of benzene rings is 1. The smallest absolute Gasteiger partial charge is 0.123 e. The number of hydrogen-bond acceptors (Lipinski definition) is 2. The number of aryl methyl sites for hydroxylation is 1. The zero-order valence-corrected chi connectivity index (χ0v) is 11.5. The number of nitriles is 1. The second-order valence-electron chi connectivity index (χ2n) is 4.71. The van der Waals surface area contributed by atoms with Gasteiger partial charge in [-0.15, -0.1) is 0 Å². The highest BCUT2D eigenvalue weighted by molar-refractivity contribution is 5.41. The molecule has 0 fully saturated rings. The Labute approximate surface area is 111 Å². The Kier molecular flexibility index (Phi) is 6.94. The first-order valence-electron chi connectivity index (χ1n) is 6.91. The first kappa shape index (κ1) is 14.6. The Hall–Kier alpha value is -1.49. The maximum atomic E-state index is 8.84. The van der Waals surface area contributed by atoms with Crippen LogP contribution in [0.15, 0.2) is 18.2 Å². The highest BCUT2D eigenvalue weighted by Crippen LogP contribution is 2.19. The average molecular weight is 245 g/mol. The summed E-state index contributed by atoms with van der Waals surface area (Å²) < 4.78 is 5.73. The minimum Gasteiger partial charge on any atom is -0.493 e. The quantitative estimate of drug-likeness (QED) is 0.627. The van der Waals surface area contributed by atoms with Crippen molar-refractivity contribution in [1.29, 1.82) is 5.26 Å². The van der Waals surface area contributed by atoms with Gasteiger partial charge in [-0.2, -0.15) is 5.26 Å². The van der Waals surface area contributed by atoms with E-state index >= 15 is 0 Å². The second kappa shape index (κ2) is 8.58. The Morgan fingerprint density at radius 1 is 1.11 bits per heavy atom. The predicted molar refractivity (Wildman–Crippen MR) is 74.8 cm³/mol. The largest absolute Gasteiger partial charge is 0.493 e. The molecule has 0 unspecified atom stereocenters. The van der Waals surface area contributed by atoms with Gasteiger partial charge in [0.2, 0.25) is 0 Å². The zero-order valence-electron chi connectivity index (χ0n) is 11.5. The molecular weight excluding hydrogens is 222 g/mol. The molecule has 0 aliphatic carbocycles. The van der Waals surface area contributed by atoms with Gasteiger partial charge in [-0.3, -0.25) is 0 Å². The first-order valence-corrected chi connectivity index (χ1v) is 6.91. The summed E-state index contributed by atoms with van der Waals surface area (Å²) in [4.78, 5) is 0. The van der Waals surface area contributed by atoms with Gasteiger partial charge in [0.05, 0.1) is 18.2 Å². The fraction of sp³-hybridized carbons (Fsp3) is 0.562. The molecule has 0 radical (unpaired) electrons. The van der Waals surface area contributed by atoms with E-state index < -0.39 is 0 Å². The van der Waals surface area contributed by atoms with Gasteiger partial charge >= 0.3 is 0 Å². The molecule has 0 N–H and O–H groups in total. The standard InChI is InChI=1S/C16H23NO/c1-3-4-5-6-7-8-11-18-16-12-15(13-17)10-9-14(16)2/h9-10,12H,3-8,11H2,1-2H3. The summed E-state index contributed by atoms with van der Waals surface area (Å²) in [6.07, 6.45) is 7.59. The predicted octanol–water partition coefficient (Wildman–Crippen LogP) is 4.61. The molecule has 0 aliphatic rings. The van der Waals surface area contributed by atoms with Crippen molar-refractivity contribution in [3.05, 3.63) is 29.3 Å². The Morgan fingerprint density at radius 3 is 2.56 bits per heavy atom. The Bertz CT molecular complexity index is 393. The molecule has 98 valence electrons. The maximum absolute atomic E-state index is 8.84. The zero-order chi connectivity index (χ0) is 13.2. The third-order valence-corrected chi connectivity index (χ3v) is 3.07. The highest BCUT2D eigenvalue weighted by Gasteiger charge is 2.01. The van der Waals surface area contributed by atoms with Crippen molar-refractivity contribution in [3.8, 4) is 11.8 Å². The molecule has 0 amide bonds. The molecule has 1 aromatic carbocycles. The van der Waals surface area contributed by atoms with Crippen LogP contribution in [0.25, 0.3) is 0 Å². The summed E-state index contributed by atoms with van der Waals surface area (Å²) in [6, 6.07) is 7.73. The van der Waals surface area contributed by atoms with Crippen molar-refractivity contribution in [2.75, 3.05) is 6.61 Å². The fourth-order valence-electron chi connectivity index (χ4n) is 1.89. The van der Waals surface area contributed by atoms with Gasteiger partial charge in [-0.25, -0.2) is 0 Å². The van der Waals surface area contributed by atoms with Crippen LogP contribution in [0.4, 0.5) is 0 Å². The minimum atomic E-state index is 0.665. The van der Waals surface area contributed by atoms with Crippen LogP contribution in [-0.2, 0) is 0 Å². The lowest BCUT2D eigenvalue weighted by Gasteiger charge is -2.09. The van der Waals surface area contributed by atoms with E-state index in [1.54, 1.807) is 0 Å². The SMILES string of the molecule is CCCCCCCCOc1cc(C#N)ccc1C. The van der Waals surface area contributed by atoms with Gasteiger partial charge in [-0.05, 0) is 31.0 Å². The molecule has 2 heteroatoms. The van der Waals surface area contributed by atoms with E-state index in [0.29, 0.717) is 5.56 Å². The Morgan fingerprint density at radius 2 is 1.83 bits per heavy atom. The van der Waals surface area contributed by atoms with Crippen LogP contribution in [0.5, 0.6) is 5.75 Å². The van der Waals surface area contributed by atoms with Gasteiger partial charge in [0, 0.05) is 0 Å². The van der Waals surface area contributed by atoms with E-state index in [4.69, 9.17) is 10.00 Å². The van der Waals surface area contributed by atoms with E-state index in [1.165, 1.54) is 32.1 Å². The highest BCUT2D eigenvalue weighted by atomic mass is 16.5. The molecule has 1 rings (SSSR count). The summed E-state index contributed by atoms with van der Waals surface area (Å²) in [7, 11) is 0. The van der Waals surface area contributed by atoms with Gasteiger partial charge in [0.1, 0.15) is 5.75 Å². The van der Waals surface area contributed by atoms with Crippen LogP contribution in [0.3, 0.4) is 0 Å². The molecule has 0 saturated heterocycles. The van der Waals surface area contributed by atoms with E-state index in [-0.39, 0.29) is 0 Å². The number of ether oxygens (including phenoxy) is 1. The molecule has 2 nitrogen and oxygen atoms in total. The van der Waals surface area contributed by atoms with Gasteiger partial charge < -0.3 is 4.74 Å². The summed E-state index contributed by atoms with van der Waals surface area (Å²) in [6.45, 7) is 4.99. The summed E-state index contributed by atoms with van der Waals surface area (Å²) in [5.74, 6) is 0.850. The van der Waals surface area contributed by atoms with Crippen molar-refractivity contribution in [2.24, 2.45) is 0 Å². The second-order valence-corrected chi connectivity index (χ2v) is 4.71. The molecular formula is C16H23NO. The number of rotatable bonds is 8. The number of nitrogens with zero attached hydrogens (tertiary/aromatic N) is 1. The monoisotopic (exact) mass is 245 g/mol. The molecule has 0 aromatic heterocycles.